The number of aliphatic carboxylic acids is 1. The van der Waals surface area contributed by atoms with Gasteiger partial charge in [-0.05, 0) is 29.2 Å². The maximum atomic E-state index is 12.1. The molecular weight excluding hydrogens is 416 g/mol. The van der Waals surface area contributed by atoms with E-state index >= 15 is 0 Å². The monoisotopic (exact) mass is 442 g/mol. The van der Waals surface area contributed by atoms with Crippen molar-refractivity contribution < 1.29 is 34.4 Å². The van der Waals surface area contributed by atoms with E-state index in [0.717, 1.165) is 29.2 Å². The maximum Gasteiger partial charge on any atom is 0.407 e. The molecule has 0 spiro atoms. The van der Waals surface area contributed by atoms with Crippen molar-refractivity contribution in [3.63, 3.8) is 0 Å². The van der Waals surface area contributed by atoms with Crippen LogP contribution >= 0.6 is 0 Å². The number of carbonyl (C=O) groups excluding carboxylic acids is 2. The molecule has 5 N–H and O–H groups in total. The minimum Gasteiger partial charge on any atom is -0.479 e. The highest BCUT2D eigenvalue weighted by Crippen LogP contribution is 2.44. The predicted octanol–water partition coefficient (Wildman–Crippen LogP) is 1.23. The summed E-state index contributed by atoms with van der Waals surface area (Å²) >= 11 is 0. The van der Waals surface area contributed by atoms with Gasteiger partial charge in [0, 0.05) is 12.5 Å². The summed E-state index contributed by atoms with van der Waals surface area (Å²) in [6, 6.07) is 15.9. The number of alkyl carbamates (subject to hydrolysis) is 1. The molecule has 9 nitrogen and oxygen atoms in total. The number of fused-ring (bicyclic) bond motifs is 3. The van der Waals surface area contributed by atoms with Crippen molar-refractivity contribution in [1.29, 1.82) is 0 Å². The molecule has 2 amide bonds. The molecule has 0 aromatic heterocycles. The summed E-state index contributed by atoms with van der Waals surface area (Å²) in [6.45, 7) is 0.443. The molecule has 0 radical (unpaired) electrons. The molecule has 9 heteroatoms. The standard InChI is InChI=1S/C23H26N2O7/c1-23(31,21(28)29)13-25-20(27)10-14(26)11-24-22(30)32-12-19-17-8-4-2-6-15(17)16-7-3-5-9-18(16)19/h2-9,14,19,26,31H,10-13H2,1H3,(H,24,30)(H,25,27)(H,28,29). The Balaban J connectivity index is 1.45. The molecule has 0 saturated heterocycles. The molecular formula is C23H26N2O7. The number of carboxylic acid groups (broad SMARTS) is 1. The van der Waals surface area contributed by atoms with Gasteiger partial charge in [-0.1, -0.05) is 48.5 Å². The molecule has 2 aromatic carbocycles. The number of carbonyl (C=O) groups is 3. The van der Waals surface area contributed by atoms with Crippen molar-refractivity contribution in [3.8, 4) is 11.1 Å². The number of hydrogen-bond donors (Lipinski definition) is 5. The number of carboxylic acids is 1. The van der Waals surface area contributed by atoms with Crippen LogP contribution < -0.4 is 10.6 Å². The van der Waals surface area contributed by atoms with Crippen molar-refractivity contribution in [2.45, 2.75) is 31.0 Å². The smallest absolute Gasteiger partial charge is 0.407 e. The number of nitrogens with one attached hydrogen (secondary N) is 2. The molecule has 1 aliphatic rings. The Bertz CT molecular complexity index is 960. The fraction of sp³-hybridized carbons (Fsp3) is 0.348. The summed E-state index contributed by atoms with van der Waals surface area (Å²) < 4.78 is 5.35. The van der Waals surface area contributed by atoms with Crippen molar-refractivity contribution in [1.82, 2.24) is 10.6 Å². The van der Waals surface area contributed by atoms with E-state index in [1.54, 1.807) is 0 Å². The molecule has 170 valence electrons. The van der Waals surface area contributed by atoms with Gasteiger partial charge >= 0.3 is 12.1 Å². The van der Waals surface area contributed by atoms with Gasteiger partial charge in [-0.15, -0.1) is 0 Å². The minimum atomic E-state index is -2.11. The number of hydrogen-bond acceptors (Lipinski definition) is 6. The molecule has 0 fully saturated rings. The summed E-state index contributed by atoms with van der Waals surface area (Å²) in [5.41, 5.74) is 2.27. The topological polar surface area (TPSA) is 145 Å². The molecule has 2 unspecified atom stereocenters. The zero-order valence-corrected chi connectivity index (χ0v) is 17.6. The normalized spacial score (nSPS) is 15.1. The van der Waals surface area contributed by atoms with Gasteiger partial charge in [0.15, 0.2) is 5.60 Å². The van der Waals surface area contributed by atoms with E-state index in [1.807, 2.05) is 48.5 Å². The third-order valence-corrected chi connectivity index (χ3v) is 5.34. The molecule has 3 rings (SSSR count). The second-order valence-electron chi connectivity index (χ2n) is 7.92. The van der Waals surface area contributed by atoms with Gasteiger partial charge in [0.05, 0.1) is 19.1 Å². The molecule has 32 heavy (non-hydrogen) atoms. The van der Waals surface area contributed by atoms with Crippen LogP contribution in [-0.4, -0.2) is 64.7 Å². The Morgan fingerprint density at radius 1 is 1.03 bits per heavy atom. The van der Waals surface area contributed by atoms with E-state index in [2.05, 4.69) is 10.6 Å². The first-order valence-electron chi connectivity index (χ1n) is 10.2. The lowest BCUT2D eigenvalue weighted by atomic mass is 9.98. The number of rotatable bonds is 9. The van der Waals surface area contributed by atoms with Gasteiger partial charge < -0.3 is 30.7 Å². The van der Waals surface area contributed by atoms with Gasteiger partial charge in [-0.2, -0.15) is 0 Å². The van der Waals surface area contributed by atoms with Gasteiger partial charge in [-0.25, -0.2) is 9.59 Å². The fourth-order valence-electron chi connectivity index (χ4n) is 3.56. The first-order valence-corrected chi connectivity index (χ1v) is 10.2. The van der Waals surface area contributed by atoms with Gasteiger partial charge in [-0.3, -0.25) is 4.79 Å². The molecule has 2 aromatic rings. The number of ether oxygens (including phenoxy) is 1. The number of benzene rings is 2. The van der Waals surface area contributed by atoms with E-state index in [-0.39, 0.29) is 25.5 Å². The van der Waals surface area contributed by atoms with Crippen molar-refractivity contribution in [2.24, 2.45) is 0 Å². The van der Waals surface area contributed by atoms with Crippen LogP contribution in [0.5, 0.6) is 0 Å². The van der Waals surface area contributed by atoms with Gasteiger partial charge in [0.25, 0.3) is 0 Å². The molecule has 2 atom stereocenters. The van der Waals surface area contributed by atoms with Crippen LogP contribution in [-0.2, 0) is 14.3 Å². The van der Waals surface area contributed by atoms with Crippen LogP contribution in [0.3, 0.4) is 0 Å². The second-order valence-corrected chi connectivity index (χ2v) is 7.92. The summed E-state index contributed by atoms with van der Waals surface area (Å²) in [6.07, 6.45) is -2.30. The largest absolute Gasteiger partial charge is 0.479 e. The lowest BCUT2D eigenvalue weighted by Crippen LogP contribution is -2.47. The molecule has 0 heterocycles. The van der Waals surface area contributed by atoms with E-state index in [9.17, 15) is 24.6 Å². The fourth-order valence-corrected chi connectivity index (χ4v) is 3.56. The van der Waals surface area contributed by atoms with Crippen molar-refractivity contribution in [2.75, 3.05) is 19.7 Å². The Morgan fingerprint density at radius 2 is 1.59 bits per heavy atom. The Morgan fingerprint density at radius 3 is 2.16 bits per heavy atom. The Labute approximate surface area is 185 Å². The lowest BCUT2D eigenvalue weighted by Gasteiger charge is -2.19. The van der Waals surface area contributed by atoms with Crippen LogP contribution in [0.2, 0.25) is 0 Å². The average molecular weight is 442 g/mol. The van der Waals surface area contributed by atoms with Gasteiger partial charge in [0.1, 0.15) is 6.61 Å². The third-order valence-electron chi connectivity index (χ3n) is 5.34. The number of aliphatic hydroxyl groups is 2. The third kappa shape index (κ3) is 5.43. The Kier molecular flexibility index (Phi) is 7.12. The van der Waals surface area contributed by atoms with E-state index < -0.39 is 36.2 Å². The van der Waals surface area contributed by atoms with E-state index in [0.29, 0.717) is 0 Å². The molecule has 1 aliphatic carbocycles. The van der Waals surface area contributed by atoms with E-state index in [1.165, 1.54) is 0 Å². The van der Waals surface area contributed by atoms with Crippen LogP contribution in [0.15, 0.2) is 48.5 Å². The average Bonchev–Trinajstić information content (AvgIpc) is 3.08. The quantitative estimate of drug-likeness (QED) is 0.393. The zero-order valence-electron chi connectivity index (χ0n) is 17.6. The van der Waals surface area contributed by atoms with Crippen LogP contribution in [0.25, 0.3) is 11.1 Å². The van der Waals surface area contributed by atoms with Crippen molar-refractivity contribution >= 4 is 18.0 Å². The van der Waals surface area contributed by atoms with E-state index in [4.69, 9.17) is 9.84 Å². The Hall–Kier alpha value is -3.43. The van der Waals surface area contributed by atoms with Crippen LogP contribution in [0.1, 0.15) is 30.4 Å². The molecule has 0 aliphatic heterocycles. The highest BCUT2D eigenvalue weighted by atomic mass is 16.5. The summed E-state index contributed by atoms with van der Waals surface area (Å²) in [7, 11) is 0. The molecule has 0 saturated carbocycles. The lowest BCUT2D eigenvalue weighted by molar-refractivity contribution is -0.156. The molecule has 0 bridgehead atoms. The minimum absolute atomic E-state index is 0.0918. The first-order chi connectivity index (χ1) is 15.2. The maximum absolute atomic E-state index is 12.1. The highest BCUT2D eigenvalue weighted by Gasteiger charge is 2.31. The zero-order chi connectivity index (χ0) is 23.3. The van der Waals surface area contributed by atoms with Crippen LogP contribution in [0, 0.1) is 0 Å². The second kappa shape index (κ2) is 9.80. The summed E-state index contributed by atoms with van der Waals surface area (Å²) in [5.74, 6) is -2.23. The highest BCUT2D eigenvalue weighted by molar-refractivity contribution is 5.81. The number of amides is 2. The summed E-state index contributed by atoms with van der Waals surface area (Å²) in [5, 5.41) is 33.0. The van der Waals surface area contributed by atoms with Gasteiger partial charge in [0.2, 0.25) is 5.91 Å². The summed E-state index contributed by atoms with van der Waals surface area (Å²) in [4.78, 5) is 34.7. The predicted molar refractivity (Wildman–Crippen MR) is 115 cm³/mol. The number of aliphatic hydroxyl groups excluding tert-OH is 1. The first kappa shape index (κ1) is 23.2. The van der Waals surface area contributed by atoms with Crippen LogP contribution in [0.4, 0.5) is 4.79 Å². The van der Waals surface area contributed by atoms with Crippen molar-refractivity contribution in [3.05, 3.63) is 59.7 Å². The SMILES string of the molecule is CC(O)(CNC(=O)CC(O)CNC(=O)OCC1c2ccccc2-c2ccccc21)C(=O)O.